The number of aromatic nitrogens is 1. The quantitative estimate of drug-likeness (QED) is 0.724. The number of aliphatic hydroxyl groups is 1. The Morgan fingerprint density at radius 1 is 1.31 bits per heavy atom. The maximum atomic E-state index is 13.4. The van der Waals surface area contributed by atoms with Gasteiger partial charge in [0.2, 0.25) is 5.88 Å². The molecule has 0 radical (unpaired) electrons. The molecule has 3 rings (SSSR count). The van der Waals surface area contributed by atoms with Gasteiger partial charge in [0, 0.05) is 36.3 Å². The Hall–Kier alpha value is -3.08. The standard InChI is InChI=1S/C25H31N3O4/c1-17-14-28(18(2)16-29)25(30)22-12-20(10-9-19-7-6-8-21(11-19)31-5)13-26-24(22)32-23(17)15-27(3)4/h6-8,11-13,17-18,23,29H,14-16H2,1-5H3/t17-,18-,23+/m1/s1. The van der Waals surface area contributed by atoms with Gasteiger partial charge >= 0.3 is 0 Å². The van der Waals surface area contributed by atoms with Crippen molar-refractivity contribution in [2.24, 2.45) is 5.92 Å². The van der Waals surface area contributed by atoms with Crippen molar-refractivity contribution in [2.75, 3.05) is 40.9 Å². The van der Waals surface area contributed by atoms with E-state index in [1.807, 2.05) is 45.3 Å². The summed E-state index contributed by atoms with van der Waals surface area (Å²) in [7, 11) is 5.58. The van der Waals surface area contributed by atoms with Crippen molar-refractivity contribution in [3.8, 4) is 23.5 Å². The molecular weight excluding hydrogens is 406 g/mol. The number of amides is 1. The number of ether oxygens (including phenoxy) is 2. The molecule has 1 amide bonds. The average Bonchev–Trinajstić information content (AvgIpc) is 2.79. The van der Waals surface area contributed by atoms with Gasteiger partial charge in [-0.1, -0.05) is 24.8 Å². The molecule has 0 bridgehead atoms. The summed E-state index contributed by atoms with van der Waals surface area (Å²) in [6.07, 6.45) is 1.48. The van der Waals surface area contributed by atoms with Gasteiger partial charge in [-0.05, 0) is 45.3 Å². The number of hydrogen-bond donors (Lipinski definition) is 1. The normalized spacial score (nSPS) is 19.2. The van der Waals surface area contributed by atoms with Crippen molar-refractivity contribution in [3.63, 3.8) is 0 Å². The highest BCUT2D eigenvalue weighted by Crippen LogP contribution is 2.27. The number of benzene rings is 1. The van der Waals surface area contributed by atoms with Crippen molar-refractivity contribution in [1.82, 2.24) is 14.8 Å². The summed E-state index contributed by atoms with van der Waals surface area (Å²) in [5.41, 5.74) is 1.77. The molecule has 7 nitrogen and oxygen atoms in total. The van der Waals surface area contributed by atoms with E-state index in [1.54, 1.807) is 24.3 Å². The molecule has 2 heterocycles. The maximum absolute atomic E-state index is 13.4. The Labute approximate surface area is 190 Å². The van der Waals surface area contributed by atoms with E-state index in [2.05, 4.69) is 28.6 Å². The van der Waals surface area contributed by atoms with Crippen molar-refractivity contribution in [1.29, 1.82) is 0 Å². The molecule has 1 aromatic heterocycles. The van der Waals surface area contributed by atoms with E-state index in [4.69, 9.17) is 9.47 Å². The minimum Gasteiger partial charge on any atom is -0.497 e. The van der Waals surface area contributed by atoms with E-state index in [0.717, 1.165) is 11.3 Å². The lowest BCUT2D eigenvalue weighted by atomic mass is 10.00. The summed E-state index contributed by atoms with van der Waals surface area (Å²) in [4.78, 5) is 21.6. The Bertz CT molecular complexity index is 1010. The number of methoxy groups -OCH3 is 1. The molecule has 1 aromatic carbocycles. The highest BCUT2D eigenvalue weighted by molar-refractivity contribution is 5.97. The SMILES string of the molecule is COc1cccc(C#Cc2cnc3c(c2)C(=O)N([C@H](C)CO)C[C@@H](C)[C@H](CN(C)C)O3)c1. The van der Waals surface area contributed by atoms with E-state index >= 15 is 0 Å². The van der Waals surface area contributed by atoms with Gasteiger partial charge in [0.25, 0.3) is 5.91 Å². The van der Waals surface area contributed by atoms with E-state index in [0.29, 0.717) is 30.1 Å². The lowest BCUT2D eigenvalue weighted by molar-refractivity contribution is 0.0348. The summed E-state index contributed by atoms with van der Waals surface area (Å²) in [5, 5.41) is 9.74. The Kier molecular flexibility index (Phi) is 7.73. The number of hydrogen-bond acceptors (Lipinski definition) is 6. The third-order valence-electron chi connectivity index (χ3n) is 5.49. The molecule has 0 unspecified atom stereocenters. The number of rotatable bonds is 5. The topological polar surface area (TPSA) is 75.1 Å². The molecule has 2 aromatic rings. The second kappa shape index (κ2) is 10.5. The Balaban J connectivity index is 2.00. The van der Waals surface area contributed by atoms with Gasteiger partial charge in [0.15, 0.2) is 0 Å². The van der Waals surface area contributed by atoms with Gasteiger partial charge in [0.1, 0.15) is 17.4 Å². The molecule has 7 heteroatoms. The van der Waals surface area contributed by atoms with Gasteiger partial charge in [-0.15, -0.1) is 0 Å². The fourth-order valence-corrected chi connectivity index (χ4v) is 3.59. The number of aliphatic hydroxyl groups excluding tert-OH is 1. The first-order valence-corrected chi connectivity index (χ1v) is 10.7. The van der Waals surface area contributed by atoms with Gasteiger partial charge < -0.3 is 24.4 Å². The number of likely N-dealkylation sites (N-methyl/N-ethyl adjacent to an activating group) is 1. The number of pyridine rings is 1. The smallest absolute Gasteiger partial charge is 0.259 e. The minimum absolute atomic E-state index is 0.0674. The van der Waals surface area contributed by atoms with Gasteiger partial charge in [-0.3, -0.25) is 4.79 Å². The zero-order chi connectivity index (χ0) is 23.3. The summed E-state index contributed by atoms with van der Waals surface area (Å²) in [6.45, 7) is 4.95. The van der Waals surface area contributed by atoms with Crippen LogP contribution in [0.15, 0.2) is 36.5 Å². The van der Waals surface area contributed by atoms with E-state index in [1.165, 1.54) is 0 Å². The van der Waals surface area contributed by atoms with Crippen LogP contribution in [0.4, 0.5) is 0 Å². The fraction of sp³-hybridized carbons (Fsp3) is 0.440. The molecule has 0 saturated carbocycles. The molecule has 32 heavy (non-hydrogen) atoms. The zero-order valence-corrected chi connectivity index (χ0v) is 19.3. The zero-order valence-electron chi connectivity index (χ0n) is 19.3. The number of fused-ring (bicyclic) bond motifs is 1. The van der Waals surface area contributed by atoms with Crippen molar-refractivity contribution in [3.05, 3.63) is 53.2 Å². The van der Waals surface area contributed by atoms with Gasteiger partial charge in [-0.2, -0.15) is 0 Å². The molecule has 1 N–H and O–H groups in total. The summed E-state index contributed by atoms with van der Waals surface area (Å²) >= 11 is 0. The predicted octanol–water partition coefficient (Wildman–Crippen LogP) is 2.27. The number of nitrogens with zero attached hydrogens (tertiary/aromatic N) is 3. The second-order valence-electron chi connectivity index (χ2n) is 8.44. The fourth-order valence-electron chi connectivity index (χ4n) is 3.59. The van der Waals surface area contributed by atoms with E-state index < -0.39 is 0 Å². The molecular formula is C25H31N3O4. The largest absolute Gasteiger partial charge is 0.497 e. The summed E-state index contributed by atoms with van der Waals surface area (Å²) in [5.74, 6) is 7.05. The van der Waals surface area contributed by atoms with Crippen LogP contribution in [0.3, 0.4) is 0 Å². The third kappa shape index (κ3) is 5.58. The van der Waals surface area contributed by atoms with Crippen molar-refractivity contribution in [2.45, 2.75) is 26.0 Å². The van der Waals surface area contributed by atoms with E-state index in [9.17, 15) is 9.90 Å². The lowest BCUT2D eigenvalue weighted by Gasteiger charge is -2.37. The van der Waals surface area contributed by atoms with Crippen molar-refractivity contribution < 1.29 is 19.4 Å². The van der Waals surface area contributed by atoms with Crippen LogP contribution >= 0.6 is 0 Å². The average molecular weight is 438 g/mol. The molecule has 0 spiro atoms. The number of carbonyl (C=O) groups is 1. The van der Waals surface area contributed by atoms with Crippen LogP contribution in [0.2, 0.25) is 0 Å². The molecule has 3 atom stereocenters. The molecule has 0 saturated heterocycles. The molecule has 0 fully saturated rings. The van der Waals surface area contributed by atoms with Gasteiger partial charge in [-0.25, -0.2) is 4.98 Å². The van der Waals surface area contributed by atoms with Crippen LogP contribution in [-0.4, -0.2) is 78.8 Å². The first-order chi connectivity index (χ1) is 15.3. The first kappa shape index (κ1) is 23.6. The Morgan fingerprint density at radius 3 is 2.75 bits per heavy atom. The van der Waals surface area contributed by atoms with Crippen LogP contribution in [0, 0.1) is 17.8 Å². The van der Waals surface area contributed by atoms with E-state index in [-0.39, 0.29) is 30.6 Å². The molecule has 0 aliphatic carbocycles. The molecule has 1 aliphatic heterocycles. The van der Waals surface area contributed by atoms with Crippen LogP contribution < -0.4 is 9.47 Å². The van der Waals surface area contributed by atoms with Crippen LogP contribution in [-0.2, 0) is 0 Å². The predicted molar refractivity (Wildman–Crippen MR) is 123 cm³/mol. The summed E-state index contributed by atoms with van der Waals surface area (Å²) < 4.78 is 11.5. The van der Waals surface area contributed by atoms with Crippen molar-refractivity contribution >= 4 is 5.91 Å². The monoisotopic (exact) mass is 437 g/mol. The number of carbonyl (C=O) groups excluding carboxylic acids is 1. The maximum Gasteiger partial charge on any atom is 0.259 e. The van der Waals surface area contributed by atoms with Crippen LogP contribution in [0.1, 0.15) is 35.3 Å². The second-order valence-corrected chi connectivity index (χ2v) is 8.44. The minimum atomic E-state index is -0.317. The van der Waals surface area contributed by atoms with Crippen LogP contribution in [0.5, 0.6) is 11.6 Å². The van der Waals surface area contributed by atoms with Gasteiger partial charge in [0.05, 0.1) is 19.8 Å². The highest BCUT2D eigenvalue weighted by Gasteiger charge is 2.33. The van der Waals surface area contributed by atoms with Crippen LogP contribution in [0.25, 0.3) is 0 Å². The first-order valence-electron chi connectivity index (χ1n) is 10.7. The molecule has 170 valence electrons. The summed E-state index contributed by atoms with van der Waals surface area (Å²) in [6, 6.07) is 8.87. The third-order valence-corrected chi connectivity index (χ3v) is 5.49. The molecule has 1 aliphatic rings. The lowest BCUT2D eigenvalue weighted by Crippen LogP contribution is -2.49. The highest BCUT2D eigenvalue weighted by atomic mass is 16.5. The Morgan fingerprint density at radius 2 is 2.06 bits per heavy atom.